The number of halogens is 2. The van der Waals surface area contributed by atoms with Crippen LogP contribution in [0.5, 0.6) is 0 Å². The van der Waals surface area contributed by atoms with Gasteiger partial charge in [0.1, 0.15) is 5.82 Å². The summed E-state index contributed by atoms with van der Waals surface area (Å²) in [7, 11) is 0. The van der Waals surface area contributed by atoms with Crippen molar-refractivity contribution in [3.8, 4) is 0 Å². The van der Waals surface area contributed by atoms with E-state index in [2.05, 4.69) is 5.32 Å². The lowest BCUT2D eigenvalue weighted by molar-refractivity contribution is 0.0771. The number of hydrogen-bond donors (Lipinski definition) is 1. The van der Waals surface area contributed by atoms with E-state index in [0.29, 0.717) is 11.6 Å². The molecule has 0 aliphatic carbocycles. The molecular weight excluding hydrogens is 267 g/mol. The van der Waals surface area contributed by atoms with Gasteiger partial charge in [-0.05, 0) is 37.6 Å². The summed E-state index contributed by atoms with van der Waals surface area (Å²) >= 11 is 5.71. The molecule has 1 aromatic carbocycles. The first kappa shape index (κ1) is 12.9. The van der Waals surface area contributed by atoms with Gasteiger partial charge >= 0.3 is 0 Å². The molecule has 2 aliphatic heterocycles. The van der Waals surface area contributed by atoms with Crippen LogP contribution in [0.3, 0.4) is 0 Å². The van der Waals surface area contributed by atoms with E-state index in [0.717, 1.165) is 32.5 Å². The van der Waals surface area contributed by atoms with Gasteiger partial charge in [0.25, 0.3) is 5.91 Å². The van der Waals surface area contributed by atoms with E-state index in [9.17, 15) is 9.18 Å². The zero-order valence-electron chi connectivity index (χ0n) is 10.6. The third kappa shape index (κ3) is 2.35. The van der Waals surface area contributed by atoms with E-state index in [1.807, 2.05) is 0 Å². The summed E-state index contributed by atoms with van der Waals surface area (Å²) in [6, 6.07) is 4.22. The monoisotopic (exact) mass is 282 g/mol. The van der Waals surface area contributed by atoms with Gasteiger partial charge in [-0.15, -0.1) is 0 Å². The van der Waals surface area contributed by atoms with Crippen LogP contribution in [-0.4, -0.2) is 37.0 Å². The molecule has 2 heterocycles. The van der Waals surface area contributed by atoms with Crippen LogP contribution in [0.25, 0.3) is 0 Å². The highest BCUT2D eigenvalue weighted by Crippen LogP contribution is 2.36. The Labute approximate surface area is 116 Å². The second-order valence-electron chi connectivity index (χ2n) is 5.53. The number of benzene rings is 1. The maximum Gasteiger partial charge on any atom is 0.256 e. The molecule has 19 heavy (non-hydrogen) atoms. The van der Waals surface area contributed by atoms with Crippen molar-refractivity contribution in [3.63, 3.8) is 0 Å². The minimum atomic E-state index is -0.539. The summed E-state index contributed by atoms with van der Waals surface area (Å²) < 4.78 is 13.8. The van der Waals surface area contributed by atoms with Crippen LogP contribution in [-0.2, 0) is 0 Å². The molecule has 0 saturated carbocycles. The summed E-state index contributed by atoms with van der Waals surface area (Å²) in [6.07, 6.45) is 2.10. The van der Waals surface area contributed by atoms with Crippen LogP contribution in [0.4, 0.5) is 4.39 Å². The Morgan fingerprint density at radius 1 is 1.42 bits per heavy atom. The van der Waals surface area contributed by atoms with Crippen molar-refractivity contribution in [2.24, 2.45) is 5.41 Å². The highest BCUT2D eigenvalue weighted by atomic mass is 35.5. The third-order valence-electron chi connectivity index (χ3n) is 4.22. The number of carbonyl (C=O) groups excluding carboxylic acids is 1. The Kier molecular flexibility index (Phi) is 3.23. The first-order chi connectivity index (χ1) is 9.10. The Bertz CT molecular complexity index is 514. The molecule has 1 atom stereocenters. The molecule has 1 amide bonds. The van der Waals surface area contributed by atoms with Crippen molar-refractivity contribution in [1.29, 1.82) is 0 Å². The predicted molar refractivity (Wildman–Crippen MR) is 71.9 cm³/mol. The highest BCUT2D eigenvalue weighted by molar-refractivity contribution is 6.30. The Morgan fingerprint density at radius 3 is 2.95 bits per heavy atom. The molecule has 102 valence electrons. The number of likely N-dealkylation sites (tertiary alicyclic amines) is 1. The molecule has 3 rings (SSSR count). The topological polar surface area (TPSA) is 32.3 Å². The number of nitrogens with zero attached hydrogens (tertiary/aromatic N) is 1. The van der Waals surface area contributed by atoms with Crippen LogP contribution in [0.2, 0.25) is 5.02 Å². The maximum absolute atomic E-state index is 13.8. The average Bonchev–Trinajstić information content (AvgIpc) is 3.00. The smallest absolute Gasteiger partial charge is 0.256 e. The standard InChI is InChI=1S/C14H16ClFN2O/c15-10-1-2-11(12(16)7-10)13(19)18-6-4-14(9-18)3-5-17-8-14/h1-2,7,17H,3-6,8-9H2. The third-order valence-corrected chi connectivity index (χ3v) is 4.45. The number of nitrogens with one attached hydrogen (secondary N) is 1. The van der Waals surface area contributed by atoms with Crippen molar-refractivity contribution in [2.75, 3.05) is 26.2 Å². The van der Waals surface area contributed by atoms with Gasteiger partial charge in [0.2, 0.25) is 0 Å². The summed E-state index contributed by atoms with van der Waals surface area (Å²) in [5, 5.41) is 3.66. The number of carbonyl (C=O) groups is 1. The van der Waals surface area contributed by atoms with Crippen LogP contribution in [0.1, 0.15) is 23.2 Å². The van der Waals surface area contributed by atoms with Crippen molar-refractivity contribution >= 4 is 17.5 Å². The molecular formula is C14H16ClFN2O. The van der Waals surface area contributed by atoms with Gasteiger partial charge in [-0.3, -0.25) is 4.79 Å². The number of amides is 1. The van der Waals surface area contributed by atoms with E-state index >= 15 is 0 Å². The second-order valence-corrected chi connectivity index (χ2v) is 5.96. The molecule has 1 N–H and O–H groups in total. The van der Waals surface area contributed by atoms with E-state index in [-0.39, 0.29) is 16.9 Å². The molecule has 0 radical (unpaired) electrons. The summed E-state index contributed by atoms with van der Waals surface area (Å²) in [5.41, 5.74) is 0.325. The fraction of sp³-hybridized carbons (Fsp3) is 0.500. The second kappa shape index (κ2) is 4.76. The largest absolute Gasteiger partial charge is 0.338 e. The van der Waals surface area contributed by atoms with Gasteiger partial charge in [0.05, 0.1) is 5.56 Å². The molecule has 2 fully saturated rings. The fourth-order valence-corrected chi connectivity index (χ4v) is 3.24. The molecule has 3 nitrogen and oxygen atoms in total. The van der Waals surface area contributed by atoms with E-state index in [1.165, 1.54) is 12.1 Å². The van der Waals surface area contributed by atoms with Gasteiger partial charge in [-0.25, -0.2) is 4.39 Å². The molecule has 0 aromatic heterocycles. The van der Waals surface area contributed by atoms with E-state index in [4.69, 9.17) is 11.6 Å². The summed E-state index contributed by atoms with van der Waals surface area (Å²) in [6.45, 7) is 3.40. The average molecular weight is 283 g/mol. The van der Waals surface area contributed by atoms with E-state index in [1.54, 1.807) is 11.0 Å². The zero-order chi connectivity index (χ0) is 13.5. The van der Waals surface area contributed by atoms with Crippen LogP contribution in [0.15, 0.2) is 18.2 Å². The van der Waals surface area contributed by atoms with Crippen molar-refractivity contribution in [3.05, 3.63) is 34.6 Å². The first-order valence-electron chi connectivity index (χ1n) is 6.55. The minimum Gasteiger partial charge on any atom is -0.338 e. The summed E-state index contributed by atoms with van der Waals surface area (Å²) in [4.78, 5) is 14.1. The molecule has 2 saturated heterocycles. The highest BCUT2D eigenvalue weighted by Gasteiger charge is 2.42. The molecule has 5 heteroatoms. The van der Waals surface area contributed by atoms with Crippen LogP contribution >= 0.6 is 11.6 Å². The maximum atomic E-state index is 13.8. The van der Waals surface area contributed by atoms with Crippen LogP contribution in [0, 0.1) is 11.2 Å². The molecule has 2 aliphatic rings. The van der Waals surface area contributed by atoms with Crippen molar-refractivity contribution in [2.45, 2.75) is 12.8 Å². The lowest BCUT2D eigenvalue weighted by atomic mass is 9.86. The van der Waals surface area contributed by atoms with E-state index < -0.39 is 5.82 Å². The molecule has 1 unspecified atom stereocenters. The van der Waals surface area contributed by atoms with Gasteiger partial charge in [0, 0.05) is 30.1 Å². The van der Waals surface area contributed by atoms with Gasteiger partial charge < -0.3 is 10.2 Å². The Morgan fingerprint density at radius 2 is 2.26 bits per heavy atom. The fourth-order valence-electron chi connectivity index (χ4n) is 3.09. The normalized spacial score (nSPS) is 26.3. The van der Waals surface area contributed by atoms with Crippen molar-refractivity contribution < 1.29 is 9.18 Å². The SMILES string of the molecule is O=C(c1ccc(Cl)cc1F)N1CCC2(CCNC2)C1. The Balaban J connectivity index is 1.78. The first-order valence-corrected chi connectivity index (χ1v) is 6.93. The predicted octanol–water partition coefficient (Wildman–Crippen LogP) is 2.30. The van der Waals surface area contributed by atoms with Gasteiger partial charge in [-0.2, -0.15) is 0 Å². The number of hydrogen-bond acceptors (Lipinski definition) is 2. The lowest BCUT2D eigenvalue weighted by Gasteiger charge is -2.23. The molecule has 1 spiro atoms. The van der Waals surface area contributed by atoms with Gasteiger partial charge in [0.15, 0.2) is 0 Å². The van der Waals surface area contributed by atoms with Crippen LogP contribution < -0.4 is 5.32 Å². The Hall–Kier alpha value is -1.13. The quantitative estimate of drug-likeness (QED) is 0.857. The lowest BCUT2D eigenvalue weighted by Crippen LogP contribution is -2.33. The van der Waals surface area contributed by atoms with Gasteiger partial charge in [-0.1, -0.05) is 11.6 Å². The molecule has 1 aromatic rings. The summed E-state index contributed by atoms with van der Waals surface area (Å²) in [5.74, 6) is -0.763. The number of rotatable bonds is 1. The molecule has 0 bridgehead atoms. The zero-order valence-corrected chi connectivity index (χ0v) is 11.3. The minimum absolute atomic E-state index is 0.118. The van der Waals surface area contributed by atoms with Crippen molar-refractivity contribution in [1.82, 2.24) is 10.2 Å².